The molecule has 0 fully saturated rings. The average molecular weight is 357 g/mol. The van der Waals surface area contributed by atoms with E-state index >= 15 is 0 Å². The Morgan fingerprint density at radius 1 is 0.857 bits per heavy atom. The van der Waals surface area contributed by atoms with E-state index in [0.717, 1.165) is 12.8 Å². The van der Waals surface area contributed by atoms with Gasteiger partial charge in [0.25, 0.3) is 0 Å². The van der Waals surface area contributed by atoms with Crippen LogP contribution in [0.4, 0.5) is 0 Å². The summed E-state index contributed by atoms with van der Waals surface area (Å²) in [5, 5.41) is 0. The molecule has 0 amide bonds. The Morgan fingerprint density at radius 3 is 1.67 bits per heavy atom. The first kappa shape index (κ1) is 20.7. The van der Waals surface area contributed by atoms with Crippen molar-refractivity contribution in [1.29, 1.82) is 0 Å². The van der Waals surface area contributed by atoms with Crippen molar-refractivity contribution in [3.8, 4) is 0 Å². The molecule has 112 valence electrons. The fourth-order valence-corrected chi connectivity index (χ4v) is 4.24. The van der Waals surface area contributed by atoms with Crippen molar-refractivity contribution < 1.29 is 44.0 Å². The zero-order chi connectivity index (χ0) is 13.5. The van der Waals surface area contributed by atoms with Gasteiger partial charge in [-0.1, -0.05) is 0 Å². The molecule has 2 aliphatic carbocycles. The van der Waals surface area contributed by atoms with Gasteiger partial charge < -0.3 is 24.8 Å². The zero-order valence-electron chi connectivity index (χ0n) is 12.7. The van der Waals surface area contributed by atoms with Gasteiger partial charge in [-0.05, 0) is 0 Å². The van der Waals surface area contributed by atoms with Gasteiger partial charge in [0.2, 0.25) is 0 Å². The Labute approximate surface area is 150 Å². The normalized spacial score (nSPS) is 16.9. The van der Waals surface area contributed by atoms with E-state index in [-0.39, 0.29) is 44.0 Å². The van der Waals surface area contributed by atoms with E-state index < -0.39 is 0 Å². The van der Waals surface area contributed by atoms with Gasteiger partial charge >= 0.3 is 126 Å². The topological polar surface area (TPSA) is 0 Å². The van der Waals surface area contributed by atoms with E-state index in [0.29, 0.717) is 0 Å². The van der Waals surface area contributed by atoms with Crippen molar-refractivity contribution in [2.75, 3.05) is 0 Å². The van der Waals surface area contributed by atoms with Crippen molar-refractivity contribution in [1.82, 2.24) is 0 Å². The third kappa shape index (κ3) is 7.02. The Hall–Kier alpha value is -0.266. The fraction of sp³-hybridized carbons (Fsp3) is 0.333. The maximum absolute atomic E-state index is 2.41. The van der Waals surface area contributed by atoms with Crippen LogP contribution < -0.4 is 24.8 Å². The van der Waals surface area contributed by atoms with Gasteiger partial charge in [-0.15, -0.1) is 0 Å². The van der Waals surface area contributed by atoms with Crippen LogP contribution in [0.3, 0.4) is 0 Å². The molecule has 0 bridgehead atoms. The molecule has 2 rings (SSSR count). The van der Waals surface area contributed by atoms with E-state index in [4.69, 9.17) is 0 Å². The Bertz CT molecular complexity index is 459. The molecular formula is C18H22Cl2Ti. The van der Waals surface area contributed by atoms with Crippen molar-refractivity contribution in [3.05, 3.63) is 67.5 Å². The first-order chi connectivity index (χ1) is 9.31. The van der Waals surface area contributed by atoms with E-state index in [1.54, 1.807) is 7.76 Å². The van der Waals surface area contributed by atoms with Crippen molar-refractivity contribution in [2.24, 2.45) is 0 Å². The van der Waals surface area contributed by atoms with Crippen LogP contribution >= 0.6 is 0 Å². The maximum Gasteiger partial charge on any atom is -1.00 e. The molecule has 0 heterocycles. The van der Waals surface area contributed by atoms with Crippen LogP contribution in [0.25, 0.3) is 0 Å². The molecule has 0 nitrogen and oxygen atoms in total. The summed E-state index contributed by atoms with van der Waals surface area (Å²) in [6.07, 6.45) is 23.2. The monoisotopic (exact) mass is 356 g/mol. The predicted octanol–water partition coefficient (Wildman–Crippen LogP) is -0.563. The average Bonchev–Trinajstić information content (AvgIpc) is 3.04. The number of halogens is 2. The fourth-order valence-electron chi connectivity index (χ4n) is 2.21. The first-order valence-corrected chi connectivity index (χ1v) is 8.79. The number of hydrogen-bond acceptors (Lipinski definition) is 0. The molecule has 0 aromatic rings. The van der Waals surface area contributed by atoms with Crippen LogP contribution in [0, 0.1) is 0 Å². The quantitative estimate of drug-likeness (QED) is 0.559. The van der Waals surface area contributed by atoms with E-state index in [1.165, 1.54) is 24.0 Å². The molecule has 0 radical (unpaired) electrons. The van der Waals surface area contributed by atoms with Crippen molar-refractivity contribution in [2.45, 2.75) is 39.5 Å². The molecule has 0 saturated heterocycles. The standard InChI is InChI=1S/2C9H11.2ClH.Ti/c2*1-2-3-6-9-7-4-5-8-9;;;/h2*3,6-8H,2,4H2,1H3;2*1H;/q;;;;+2/p-2. The molecule has 0 unspecified atom stereocenters. The van der Waals surface area contributed by atoms with Crippen LogP contribution in [0.15, 0.2) is 67.5 Å². The predicted molar refractivity (Wildman–Crippen MR) is 80.4 cm³/mol. The van der Waals surface area contributed by atoms with Crippen molar-refractivity contribution >= 4 is 0 Å². The molecule has 3 heteroatoms. The van der Waals surface area contributed by atoms with Gasteiger partial charge in [0.05, 0.1) is 0 Å². The molecule has 0 N–H and O–H groups in total. The number of allylic oxidation sites excluding steroid dienone is 12. The van der Waals surface area contributed by atoms with Gasteiger partial charge in [0.15, 0.2) is 0 Å². The van der Waals surface area contributed by atoms with Crippen LogP contribution in [0.2, 0.25) is 0 Å². The molecular weight excluding hydrogens is 335 g/mol. The minimum Gasteiger partial charge on any atom is -1.00 e. The largest absolute Gasteiger partial charge is 1.00 e. The summed E-state index contributed by atoms with van der Waals surface area (Å²) in [7, 11) is 0. The Kier molecular flexibility index (Phi) is 11.2. The SMILES string of the molecule is CCC=CC1=CC[C]([Ti+2][C]2=CC(C=CCC)=CC2)=C1.[Cl-].[Cl-]. The first-order valence-electron chi connectivity index (χ1n) is 7.23. The number of hydrogen-bond donors (Lipinski definition) is 0. The van der Waals surface area contributed by atoms with Gasteiger partial charge in [-0.2, -0.15) is 0 Å². The van der Waals surface area contributed by atoms with Crippen LogP contribution in [0.5, 0.6) is 0 Å². The molecule has 2 aliphatic rings. The molecule has 0 spiro atoms. The smallest absolute Gasteiger partial charge is 1.00 e. The van der Waals surface area contributed by atoms with Gasteiger partial charge in [0.1, 0.15) is 0 Å². The summed E-state index contributed by atoms with van der Waals surface area (Å²) in [5.74, 6) is 0. The van der Waals surface area contributed by atoms with E-state index in [1.807, 2.05) is 0 Å². The number of rotatable bonds is 6. The molecule has 0 aliphatic heterocycles. The molecule has 0 aromatic carbocycles. The summed E-state index contributed by atoms with van der Waals surface area (Å²) >= 11 is -0.0622. The summed E-state index contributed by atoms with van der Waals surface area (Å²) in [4.78, 5) is 0. The van der Waals surface area contributed by atoms with Crippen LogP contribution in [0.1, 0.15) is 39.5 Å². The Balaban J connectivity index is 0.00000200. The minimum absolute atomic E-state index is 0. The van der Waals surface area contributed by atoms with E-state index in [9.17, 15) is 0 Å². The van der Waals surface area contributed by atoms with Gasteiger partial charge in [0, 0.05) is 0 Å². The summed E-state index contributed by atoms with van der Waals surface area (Å²) < 4.78 is 3.35. The molecule has 0 atom stereocenters. The van der Waals surface area contributed by atoms with Crippen LogP contribution in [-0.4, -0.2) is 0 Å². The summed E-state index contributed by atoms with van der Waals surface area (Å²) in [6.45, 7) is 4.37. The minimum atomic E-state index is -0.0622. The molecule has 0 aromatic heterocycles. The molecule has 21 heavy (non-hydrogen) atoms. The molecule has 0 saturated carbocycles. The van der Waals surface area contributed by atoms with Gasteiger partial charge in [-0.25, -0.2) is 0 Å². The summed E-state index contributed by atoms with van der Waals surface area (Å²) in [5.41, 5.74) is 2.83. The van der Waals surface area contributed by atoms with Gasteiger partial charge in [-0.3, -0.25) is 0 Å². The third-order valence-corrected chi connectivity index (χ3v) is 5.30. The summed E-state index contributed by atoms with van der Waals surface area (Å²) in [6, 6.07) is 0. The van der Waals surface area contributed by atoms with Crippen molar-refractivity contribution in [3.63, 3.8) is 0 Å². The zero-order valence-corrected chi connectivity index (χ0v) is 15.8. The third-order valence-electron chi connectivity index (χ3n) is 3.21. The maximum atomic E-state index is 2.41. The second-order valence-corrected chi connectivity index (χ2v) is 7.30. The van der Waals surface area contributed by atoms with Crippen LogP contribution in [-0.2, 0) is 19.2 Å². The Morgan fingerprint density at radius 2 is 1.29 bits per heavy atom. The second kappa shape index (κ2) is 11.3. The van der Waals surface area contributed by atoms with E-state index in [2.05, 4.69) is 62.5 Å². The second-order valence-electron chi connectivity index (χ2n) is 4.90.